The molecule has 2 atom stereocenters. The molecule has 2 aliphatic rings. The molecule has 3 rings (SSSR count). The minimum Gasteiger partial charge on any atom is -0.326 e. The van der Waals surface area contributed by atoms with Crippen LogP contribution in [0.25, 0.3) is 0 Å². The highest BCUT2D eigenvalue weighted by molar-refractivity contribution is 5.99. The van der Waals surface area contributed by atoms with E-state index in [2.05, 4.69) is 17.2 Å². The van der Waals surface area contributed by atoms with Crippen LogP contribution in [-0.2, 0) is 4.79 Å². The van der Waals surface area contributed by atoms with E-state index in [1.165, 1.54) is 6.42 Å². The van der Waals surface area contributed by atoms with Crippen LogP contribution >= 0.6 is 0 Å². The molecule has 2 unspecified atom stereocenters. The van der Waals surface area contributed by atoms with E-state index in [-0.39, 0.29) is 11.9 Å². The van der Waals surface area contributed by atoms with Gasteiger partial charge in [0, 0.05) is 25.8 Å². The second-order valence-corrected chi connectivity index (χ2v) is 6.54. The van der Waals surface area contributed by atoms with Crippen molar-refractivity contribution in [3.63, 3.8) is 0 Å². The summed E-state index contributed by atoms with van der Waals surface area (Å²) in [6, 6.07) is 3.15. The largest absolute Gasteiger partial charge is 0.326 e. The van der Waals surface area contributed by atoms with Crippen LogP contribution < -0.4 is 10.2 Å². The van der Waals surface area contributed by atoms with Crippen molar-refractivity contribution in [3.05, 3.63) is 24.5 Å². The fourth-order valence-electron chi connectivity index (χ4n) is 3.39. The number of nitrogens with one attached hydrogen (secondary N) is 1. The Bertz CT molecular complexity index is 563. The highest BCUT2D eigenvalue weighted by Gasteiger charge is 2.32. The summed E-state index contributed by atoms with van der Waals surface area (Å²) in [5.74, 6) is 0.492. The summed E-state index contributed by atoms with van der Waals surface area (Å²) in [6.45, 7) is 4.40. The van der Waals surface area contributed by atoms with Gasteiger partial charge < -0.3 is 15.1 Å². The Morgan fingerprint density at radius 2 is 2.13 bits per heavy atom. The van der Waals surface area contributed by atoms with Crippen LogP contribution in [0.1, 0.15) is 32.6 Å². The van der Waals surface area contributed by atoms with Crippen molar-refractivity contribution in [3.8, 4) is 0 Å². The molecule has 0 radical (unpaired) electrons. The third-order valence-corrected chi connectivity index (χ3v) is 4.64. The molecule has 3 amide bonds. The quantitative estimate of drug-likeness (QED) is 0.908. The summed E-state index contributed by atoms with van der Waals surface area (Å²) >= 11 is 0. The monoisotopic (exact) mass is 316 g/mol. The molecular formula is C17H24N4O2. The topological polar surface area (TPSA) is 65.5 Å². The second kappa shape index (κ2) is 6.98. The first-order valence-electron chi connectivity index (χ1n) is 8.42. The maximum Gasteiger partial charge on any atom is 0.318 e. The van der Waals surface area contributed by atoms with E-state index in [1.54, 1.807) is 17.3 Å². The first kappa shape index (κ1) is 15.8. The van der Waals surface area contributed by atoms with Crippen molar-refractivity contribution in [2.75, 3.05) is 24.5 Å². The Balaban J connectivity index is 1.63. The highest BCUT2D eigenvalue weighted by atomic mass is 16.2. The van der Waals surface area contributed by atoms with E-state index in [0.717, 1.165) is 31.6 Å². The minimum absolute atomic E-state index is 0.0392. The van der Waals surface area contributed by atoms with Gasteiger partial charge in [-0.2, -0.15) is 0 Å². The van der Waals surface area contributed by atoms with E-state index < -0.39 is 6.04 Å². The van der Waals surface area contributed by atoms with Gasteiger partial charge in [0.15, 0.2) is 0 Å². The maximum atomic E-state index is 12.7. The average molecular weight is 316 g/mol. The van der Waals surface area contributed by atoms with Crippen LogP contribution in [0.15, 0.2) is 24.5 Å². The second-order valence-electron chi connectivity index (χ2n) is 6.54. The number of aromatic nitrogens is 1. The molecule has 6 nitrogen and oxygen atoms in total. The van der Waals surface area contributed by atoms with E-state index >= 15 is 0 Å². The van der Waals surface area contributed by atoms with E-state index in [4.69, 9.17) is 0 Å². The summed E-state index contributed by atoms with van der Waals surface area (Å²) in [7, 11) is 0. The first-order chi connectivity index (χ1) is 11.1. The summed E-state index contributed by atoms with van der Waals surface area (Å²) in [5.41, 5.74) is 0.794. The molecule has 1 aromatic heterocycles. The Hall–Kier alpha value is -2.11. The van der Waals surface area contributed by atoms with Crippen LogP contribution in [0.4, 0.5) is 10.5 Å². The number of anilines is 1. The lowest BCUT2D eigenvalue weighted by Gasteiger charge is -2.35. The minimum atomic E-state index is -0.436. The zero-order valence-corrected chi connectivity index (χ0v) is 13.6. The maximum absolute atomic E-state index is 12.7. The zero-order valence-electron chi connectivity index (χ0n) is 13.6. The standard InChI is InChI=1S/C17H24N4O2/c1-13-5-3-9-20(12-13)17(23)19-15-7-4-10-21(16(15)22)14-6-2-8-18-11-14/h2,6,8,11,13,15H,3-5,7,9-10,12H2,1H3,(H,19,23). The molecule has 0 spiro atoms. The SMILES string of the molecule is CC1CCCN(C(=O)NC2CCCN(c3cccnc3)C2=O)C1. The van der Waals surface area contributed by atoms with E-state index in [9.17, 15) is 9.59 Å². The van der Waals surface area contributed by atoms with Gasteiger partial charge in [-0.15, -0.1) is 0 Å². The van der Waals surface area contributed by atoms with Gasteiger partial charge in [0.05, 0.1) is 11.9 Å². The molecule has 6 heteroatoms. The molecule has 1 aromatic rings. The first-order valence-corrected chi connectivity index (χ1v) is 8.42. The van der Waals surface area contributed by atoms with Crippen molar-refractivity contribution in [2.45, 2.75) is 38.6 Å². The number of likely N-dealkylation sites (tertiary alicyclic amines) is 1. The summed E-state index contributed by atoms with van der Waals surface area (Å²) in [5, 5.41) is 2.93. The van der Waals surface area contributed by atoms with Gasteiger partial charge in [0.2, 0.25) is 5.91 Å². The molecule has 124 valence electrons. The summed E-state index contributed by atoms with van der Waals surface area (Å²) < 4.78 is 0. The number of amides is 3. The Morgan fingerprint density at radius 1 is 1.30 bits per heavy atom. The summed E-state index contributed by atoms with van der Waals surface area (Å²) in [6.07, 6.45) is 7.16. The smallest absolute Gasteiger partial charge is 0.318 e. The summed E-state index contributed by atoms with van der Waals surface area (Å²) in [4.78, 5) is 32.7. The van der Waals surface area contributed by atoms with Crippen molar-refractivity contribution in [1.82, 2.24) is 15.2 Å². The molecule has 2 saturated heterocycles. The molecule has 0 bridgehead atoms. The van der Waals surface area contributed by atoms with E-state index in [1.807, 2.05) is 17.0 Å². The molecule has 0 aliphatic carbocycles. The van der Waals surface area contributed by atoms with Crippen molar-refractivity contribution in [2.24, 2.45) is 5.92 Å². The van der Waals surface area contributed by atoms with E-state index in [0.29, 0.717) is 18.9 Å². The number of rotatable bonds is 2. The average Bonchev–Trinajstić information content (AvgIpc) is 2.57. The van der Waals surface area contributed by atoms with Crippen LogP contribution in [-0.4, -0.2) is 47.5 Å². The number of nitrogens with zero attached hydrogens (tertiary/aromatic N) is 3. The Kier molecular flexibility index (Phi) is 4.79. The predicted octanol–water partition coefficient (Wildman–Crippen LogP) is 2.02. The predicted molar refractivity (Wildman–Crippen MR) is 88.1 cm³/mol. The number of carbonyl (C=O) groups is 2. The molecule has 3 heterocycles. The van der Waals surface area contributed by atoms with Crippen LogP contribution in [0.3, 0.4) is 0 Å². The lowest BCUT2D eigenvalue weighted by molar-refractivity contribution is -0.121. The molecule has 1 N–H and O–H groups in total. The number of hydrogen-bond acceptors (Lipinski definition) is 3. The fraction of sp³-hybridized carbons (Fsp3) is 0.588. The number of carbonyl (C=O) groups excluding carboxylic acids is 2. The molecule has 2 aliphatic heterocycles. The molecule has 0 aromatic carbocycles. The van der Waals surface area contributed by atoms with Gasteiger partial charge in [0.25, 0.3) is 0 Å². The van der Waals surface area contributed by atoms with Gasteiger partial charge in [-0.3, -0.25) is 9.78 Å². The van der Waals surface area contributed by atoms with Crippen LogP contribution in [0.5, 0.6) is 0 Å². The number of piperidine rings is 2. The third kappa shape index (κ3) is 3.63. The zero-order chi connectivity index (χ0) is 16.2. The molecule has 2 fully saturated rings. The van der Waals surface area contributed by atoms with Gasteiger partial charge in [-0.05, 0) is 43.7 Å². The number of urea groups is 1. The van der Waals surface area contributed by atoms with Crippen molar-refractivity contribution >= 4 is 17.6 Å². The van der Waals surface area contributed by atoms with Crippen LogP contribution in [0.2, 0.25) is 0 Å². The lowest BCUT2D eigenvalue weighted by Crippen LogP contribution is -2.56. The molecule has 23 heavy (non-hydrogen) atoms. The van der Waals surface area contributed by atoms with Crippen molar-refractivity contribution in [1.29, 1.82) is 0 Å². The van der Waals surface area contributed by atoms with Crippen molar-refractivity contribution < 1.29 is 9.59 Å². The van der Waals surface area contributed by atoms with Crippen LogP contribution in [0, 0.1) is 5.92 Å². The highest BCUT2D eigenvalue weighted by Crippen LogP contribution is 2.21. The Labute approximate surface area is 136 Å². The third-order valence-electron chi connectivity index (χ3n) is 4.64. The Morgan fingerprint density at radius 3 is 2.87 bits per heavy atom. The van der Waals surface area contributed by atoms with Gasteiger partial charge in [0.1, 0.15) is 6.04 Å². The van der Waals surface area contributed by atoms with Gasteiger partial charge >= 0.3 is 6.03 Å². The molecule has 0 saturated carbocycles. The normalized spacial score (nSPS) is 25.3. The van der Waals surface area contributed by atoms with Gasteiger partial charge in [-0.1, -0.05) is 6.92 Å². The molecular weight excluding hydrogens is 292 g/mol. The number of pyridine rings is 1. The number of hydrogen-bond donors (Lipinski definition) is 1. The fourth-order valence-corrected chi connectivity index (χ4v) is 3.39. The lowest BCUT2D eigenvalue weighted by atomic mass is 10.0. The van der Waals surface area contributed by atoms with Gasteiger partial charge in [-0.25, -0.2) is 4.79 Å².